The molecule has 0 N–H and O–H groups in total. The van der Waals surface area contributed by atoms with E-state index in [1.807, 2.05) is 14.1 Å². The number of para-hydroxylation sites is 1. The smallest absolute Gasteiger partial charge is 0.263 e. The number of terminal acetylenes is 1. The Morgan fingerprint density at radius 2 is 1.83 bits per heavy atom. The Balaban J connectivity index is 1.94. The second kappa shape index (κ2) is 6.68. The first-order valence-corrected chi connectivity index (χ1v) is 8.31. The van der Waals surface area contributed by atoms with Crippen molar-refractivity contribution in [1.29, 1.82) is 0 Å². The number of benzene rings is 2. The van der Waals surface area contributed by atoms with Crippen LogP contribution in [0.2, 0.25) is 0 Å². The zero-order chi connectivity index (χ0) is 16.2. The molecule has 114 valence electrons. The second-order valence-corrected chi connectivity index (χ2v) is 6.58. The van der Waals surface area contributed by atoms with Gasteiger partial charge in [0.1, 0.15) is 4.70 Å². The van der Waals surface area contributed by atoms with Gasteiger partial charge in [-0.1, -0.05) is 35.6 Å². The van der Waals surface area contributed by atoms with Crippen LogP contribution in [-0.4, -0.2) is 14.1 Å². The van der Waals surface area contributed by atoms with Crippen molar-refractivity contribution in [3.63, 3.8) is 0 Å². The SMILES string of the molecule is C#CC[n+]1c(/C=C/c2ccc(N(C)C)cc2)sc2ccccc21. The van der Waals surface area contributed by atoms with Crippen LogP contribution in [0.15, 0.2) is 48.5 Å². The van der Waals surface area contributed by atoms with Gasteiger partial charge in [-0.05, 0) is 35.8 Å². The lowest BCUT2D eigenvalue weighted by Crippen LogP contribution is -2.34. The molecule has 3 heteroatoms. The van der Waals surface area contributed by atoms with Crippen molar-refractivity contribution in [2.45, 2.75) is 6.54 Å². The minimum Gasteiger partial charge on any atom is -0.378 e. The van der Waals surface area contributed by atoms with Crippen LogP contribution in [0, 0.1) is 12.3 Å². The zero-order valence-electron chi connectivity index (χ0n) is 13.4. The fourth-order valence-electron chi connectivity index (χ4n) is 2.48. The van der Waals surface area contributed by atoms with Gasteiger partial charge >= 0.3 is 0 Å². The summed E-state index contributed by atoms with van der Waals surface area (Å²) >= 11 is 1.76. The standard InChI is InChI=1S/C20H19N2S/c1-4-15-22-18-7-5-6-8-19(18)23-20(22)14-11-16-9-12-17(13-10-16)21(2)3/h1,5-14H,15H2,2-3H3/q+1. The summed E-state index contributed by atoms with van der Waals surface area (Å²) in [7, 11) is 4.09. The van der Waals surface area contributed by atoms with E-state index in [0.29, 0.717) is 6.54 Å². The van der Waals surface area contributed by atoms with Crippen LogP contribution in [0.4, 0.5) is 5.69 Å². The zero-order valence-corrected chi connectivity index (χ0v) is 14.2. The summed E-state index contributed by atoms with van der Waals surface area (Å²) in [6.07, 6.45) is 9.82. The van der Waals surface area contributed by atoms with Crippen molar-refractivity contribution < 1.29 is 4.57 Å². The summed E-state index contributed by atoms with van der Waals surface area (Å²) in [5, 5.41) is 1.17. The predicted molar refractivity (Wildman–Crippen MR) is 101 cm³/mol. The normalized spacial score (nSPS) is 11.0. The minimum atomic E-state index is 0.587. The lowest BCUT2D eigenvalue weighted by atomic mass is 10.2. The van der Waals surface area contributed by atoms with Crippen molar-refractivity contribution in [2.24, 2.45) is 0 Å². The van der Waals surface area contributed by atoms with E-state index in [1.165, 1.54) is 26.5 Å². The number of anilines is 1. The maximum absolute atomic E-state index is 5.54. The predicted octanol–water partition coefficient (Wildman–Crippen LogP) is 4.06. The Bertz CT molecular complexity index is 880. The Morgan fingerprint density at radius 3 is 2.52 bits per heavy atom. The Labute approximate surface area is 141 Å². The molecule has 1 aromatic heterocycles. The summed E-state index contributed by atoms with van der Waals surface area (Å²) in [5.74, 6) is 2.75. The molecule has 0 aliphatic heterocycles. The first-order valence-electron chi connectivity index (χ1n) is 7.49. The van der Waals surface area contributed by atoms with E-state index in [4.69, 9.17) is 6.42 Å². The molecular weight excluding hydrogens is 300 g/mol. The quantitative estimate of drug-likeness (QED) is 0.519. The summed E-state index contributed by atoms with van der Waals surface area (Å²) < 4.78 is 3.44. The number of thiazole rings is 1. The van der Waals surface area contributed by atoms with Crippen LogP contribution in [-0.2, 0) is 6.54 Å². The van der Waals surface area contributed by atoms with Gasteiger partial charge in [-0.25, -0.2) is 0 Å². The molecule has 2 aromatic carbocycles. The average molecular weight is 319 g/mol. The molecule has 3 rings (SSSR count). The molecule has 0 unspecified atom stereocenters. The van der Waals surface area contributed by atoms with Gasteiger partial charge in [0, 0.05) is 31.9 Å². The van der Waals surface area contributed by atoms with E-state index in [2.05, 4.69) is 76.1 Å². The molecule has 0 saturated heterocycles. The van der Waals surface area contributed by atoms with Crippen molar-refractivity contribution in [2.75, 3.05) is 19.0 Å². The minimum absolute atomic E-state index is 0.587. The molecule has 0 saturated carbocycles. The molecule has 0 amide bonds. The molecule has 1 heterocycles. The highest BCUT2D eigenvalue weighted by molar-refractivity contribution is 7.18. The third-order valence-electron chi connectivity index (χ3n) is 3.71. The molecule has 0 radical (unpaired) electrons. The molecule has 3 aromatic rings. The summed E-state index contributed by atoms with van der Waals surface area (Å²) in [6.45, 7) is 0.587. The van der Waals surface area contributed by atoms with Crippen LogP contribution >= 0.6 is 11.3 Å². The molecular formula is C20H19N2S+. The first kappa shape index (κ1) is 15.3. The average Bonchev–Trinajstić information content (AvgIpc) is 2.92. The summed E-state index contributed by atoms with van der Waals surface area (Å²) in [4.78, 5) is 2.10. The number of hydrogen-bond donors (Lipinski definition) is 0. The van der Waals surface area contributed by atoms with Gasteiger partial charge in [-0.2, -0.15) is 4.57 Å². The number of aromatic nitrogens is 1. The molecule has 23 heavy (non-hydrogen) atoms. The third-order valence-corrected chi connectivity index (χ3v) is 4.84. The largest absolute Gasteiger partial charge is 0.378 e. The molecule has 0 fully saturated rings. The maximum atomic E-state index is 5.54. The van der Waals surface area contributed by atoms with E-state index < -0.39 is 0 Å². The topological polar surface area (TPSA) is 7.12 Å². The van der Waals surface area contributed by atoms with Crippen molar-refractivity contribution in [1.82, 2.24) is 0 Å². The fraction of sp³-hybridized carbons (Fsp3) is 0.150. The van der Waals surface area contributed by atoms with E-state index in [1.54, 1.807) is 11.3 Å². The van der Waals surface area contributed by atoms with Crippen LogP contribution in [0.25, 0.3) is 22.4 Å². The monoisotopic (exact) mass is 319 g/mol. The maximum Gasteiger partial charge on any atom is 0.263 e. The highest BCUT2D eigenvalue weighted by Gasteiger charge is 2.16. The third kappa shape index (κ3) is 3.28. The highest BCUT2D eigenvalue weighted by atomic mass is 32.1. The van der Waals surface area contributed by atoms with Crippen molar-refractivity contribution in [3.8, 4) is 12.3 Å². The molecule has 0 bridgehead atoms. The van der Waals surface area contributed by atoms with E-state index >= 15 is 0 Å². The fourth-order valence-corrected chi connectivity index (χ4v) is 3.55. The number of hydrogen-bond acceptors (Lipinski definition) is 2. The van der Waals surface area contributed by atoms with Crippen LogP contribution in [0.5, 0.6) is 0 Å². The van der Waals surface area contributed by atoms with Gasteiger partial charge in [-0.15, -0.1) is 6.42 Å². The summed E-state index contributed by atoms with van der Waals surface area (Å²) in [6, 6.07) is 16.9. The van der Waals surface area contributed by atoms with E-state index in [0.717, 1.165) is 0 Å². The number of fused-ring (bicyclic) bond motifs is 1. The Hall–Kier alpha value is -2.57. The first-order chi connectivity index (χ1) is 11.2. The van der Waals surface area contributed by atoms with Gasteiger partial charge in [-0.3, -0.25) is 0 Å². The van der Waals surface area contributed by atoms with Crippen LogP contribution in [0.3, 0.4) is 0 Å². The molecule has 0 atom stereocenters. The van der Waals surface area contributed by atoms with Crippen molar-refractivity contribution >= 4 is 39.4 Å². The van der Waals surface area contributed by atoms with Crippen LogP contribution in [0.1, 0.15) is 10.6 Å². The van der Waals surface area contributed by atoms with Gasteiger partial charge in [0.25, 0.3) is 5.01 Å². The van der Waals surface area contributed by atoms with E-state index in [9.17, 15) is 0 Å². The molecule has 0 aliphatic rings. The number of nitrogens with zero attached hydrogens (tertiary/aromatic N) is 2. The Kier molecular flexibility index (Phi) is 4.45. The molecule has 0 aliphatic carbocycles. The van der Waals surface area contributed by atoms with Crippen molar-refractivity contribution in [3.05, 3.63) is 59.1 Å². The van der Waals surface area contributed by atoms with Gasteiger partial charge in [0.15, 0.2) is 0 Å². The van der Waals surface area contributed by atoms with Gasteiger partial charge in [0.2, 0.25) is 12.1 Å². The second-order valence-electron chi connectivity index (χ2n) is 5.52. The number of rotatable bonds is 4. The Morgan fingerprint density at radius 1 is 1.09 bits per heavy atom. The molecule has 0 spiro atoms. The molecule has 2 nitrogen and oxygen atoms in total. The van der Waals surface area contributed by atoms with Gasteiger partial charge < -0.3 is 4.90 Å². The van der Waals surface area contributed by atoms with Gasteiger partial charge in [0.05, 0.1) is 0 Å². The summed E-state index contributed by atoms with van der Waals surface area (Å²) in [5.41, 5.74) is 3.57. The lowest BCUT2D eigenvalue weighted by molar-refractivity contribution is -0.655. The van der Waals surface area contributed by atoms with Crippen LogP contribution < -0.4 is 9.47 Å². The highest BCUT2D eigenvalue weighted by Crippen LogP contribution is 2.22. The van der Waals surface area contributed by atoms with E-state index in [-0.39, 0.29) is 0 Å². The lowest BCUT2D eigenvalue weighted by Gasteiger charge is -2.11.